The average molecular weight is 387 g/mol. The van der Waals surface area contributed by atoms with Crippen molar-refractivity contribution in [1.82, 2.24) is 0 Å². The molecule has 0 aliphatic heterocycles. The summed E-state index contributed by atoms with van der Waals surface area (Å²) < 4.78 is 0. The van der Waals surface area contributed by atoms with Gasteiger partial charge in [-0.05, 0) is 19.3 Å². The number of carbonyl (C=O) groups is 3. The second-order valence-electron chi connectivity index (χ2n) is 7.50. The van der Waals surface area contributed by atoms with Crippen LogP contribution < -0.4 is 0 Å². The molecule has 0 heterocycles. The van der Waals surface area contributed by atoms with Gasteiger partial charge < -0.3 is 15.3 Å². The predicted octanol–water partition coefficient (Wildman–Crippen LogP) is 5.49. The van der Waals surface area contributed by atoms with Gasteiger partial charge in [0, 0.05) is 12.8 Å². The first-order valence-corrected chi connectivity index (χ1v) is 10.6. The number of hydrogen-bond acceptors (Lipinski definition) is 3. The van der Waals surface area contributed by atoms with Gasteiger partial charge in [0.05, 0.1) is 5.92 Å². The number of carboxylic acids is 3. The molecule has 0 aromatic carbocycles. The standard InChI is InChI=1S/C21H38O6/c22-19(23)15-13-11-9-7-5-3-1-2-4-6-8-10-12-14-18(21(26)27)16-17-20(24)25/h18H,1-17H2,(H,22,23)(H,24,25)(H,26,27)/t18-/m0/s1. The summed E-state index contributed by atoms with van der Waals surface area (Å²) in [5, 5.41) is 26.3. The number of rotatable bonds is 20. The number of carboxylic acid groups (broad SMARTS) is 3. The molecule has 0 saturated carbocycles. The Hall–Kier alpha value is -1.59. The summed E-state index contributed by atoms with van der Waals surface area (Å²) in [6.45, 7) is 0. The summed E-state index contributed by atoms with van der Waals surface area (Å²) in [4.78, 5) is 32.0. The summed E-state index contributed by atoms with van der Waals surface area (Å²) in [7, 11) is 0. The summed E-state index contributed by atoms with van der Waals surface area (Å²) in [5.41, 5.74) is 0. The molecule has 3 N–H and O–H groups in total. The van der Waals surface area contributed by atoms with E-state index in [0.29, 0.717) is 12.8 Å². The van der Waals surface area contributed by atoms with E-state index in [4.69, 9.17) is 15.3 Å². The van der Waals surface area contributed by atoms with Gasteiger partial charge in [0.15, 0.2) is 0 Å². The van der Waals surface area contributed by atoms with Crippen LogP contribution in [0, 0.1) is 5.92 Å². The maximum Gasteiger partial charge on any atom is 0.306 e. The van der Waals surface area contributed by atoms with Crippen molar-refractivity contribution in [2.24, 2.45) is 5.92 Å². The van der Waals surface area contributed by atoms with E-state index in [2.05, 4.69) is 0 Å². The topological polar surface area (TPSA) is 112 Å². The SMILES string of the molecule is O=C(O)CCCCCCCCCCCCCCC[C@@H](CCC(=O)O)C(=O)O. The lowest BCUT2D eigenvalue weighted by molar-refractivity contribution is -0.143. The molecule has 0 unspecified atom stereocenters. The van der Waals surface area contributed by atoms with E-state index >= 15 is 0 Å². The largest absolute Gasteiger partial charge is 0.481 e. The van der Waals surface area contributed by atoms with Crippen LogP contribution in [0.25, 0.3) is 0 Å². The van der Waals surface area contributed by atoms with Gasteiger partial charge in [-0.2, -0.15) is 0 Å². The molecule has 0 amide bonds. The van der Waals surface area contributed by atoms with Gasteiger partial charge in [-0.25, -0.2) is 0 Å². The maximum absolute atomic E-state index is 11.1. The van der Waals surface area contributed by atoms with Crippen molar-refractivity contribution in [3.8, 4) is 0 Å². The molecule has 0 saturated heterocycles. The highest BCUT2D eigenvalue weighted by Gasteiger charge is 2.17. The Balaban J connectivity index is 3.33. The summed E-state index contributed by atoms with van der Waals surface area (Å²) >= 11 is 0. The molecule has 0 aliphatic carbocycles. The van der Waals surface area contributed by atoms with Crippen LogP contribution in [0.5, 0.6) is 0 Å². The molecule has 6 heteroatoms. The van der Waals surface area contributed by atoms with Gasteiger partial charge in [-0.1, -0.05) is 77.0 Å². The third kappa shape index (κ3) is 19.0. The third-order valence-corrected chi connectivity index (χ3v) is 5.00. The first-order valence-electron chi connectivity index (χ1n) is 10.6. The lowest BCUT2D eigenvalue weighted by Crippen LogP contribution is -2.15. The van der Waals surface area contributed by atoms with Gasteiger partial charge in [0.2, 0.25) is 0 Å². The summed E-state index contributed by atoms with van der Waals surface area (Å²) in [6, 6.07) is 0. The van der Waals surface area contributed by atoms with Crippen LogP contribution >= 0.6 is 0 Å². The van der Waals surface area contributed by atoms with Gasteiger partial charge >= 0.3 is 17.9 Å². The van der Waals surface area contributed by atoms with Crippen molar-refractivity contribution in [2.45, 2.75) is 109 Å². The van der Waals surface area contributed by atoms with E-state index < -0.39 is 23.8 Å². The van der Waals surface area contributed by atoms with E-state index in [1.165, 1.54) is 44.9 Å². The monoisotopic (exact) mass is 386 g/mol. The molecule has 158 valence electrons. The minimum Gasteiger partial charge on any atom is -0.481 e. The van der Waals surface area contributed by atoms with Gasteiger partial charge in [-0.3, -0.25) is 14.4 Å². The molecule has 0 fully saturated rings. The molecular weight excluding hydrogens is 348 g/mol. The van der Waals surface area contributed by atoms with Crippen molar-refractivity contribution in [1.29, 1.82) is 0 Å². The van der Waals surface area contributed by atoms with Crippen LogP contribution in [0.1, 0.15) is 109 Å². The first-order chi connectivity index (χ1) is 12.9. The van der Waals surface area contributed by atoms with Crippen molar-refractivity contribution >= 4 is 17.9 Å². The van der Waals surface area contributed by atoms with Crippen molar-refractivity contribution in [2.75, 3.05) is 0 Å². The molecule has 0 aromatic heterocycles. The fourth-order valence-electron chi connectivity index (χ4n) is 3.30. The molecule has 0 rings (SSSR count). The molecule has 1 atom stereocenters. The smallest absolute Gasteiger partial charge is 0.306 e. The van der Waals surface area contributed by atoms with Crippen LogP contribution in [0.4, 0.5) is 0 Å². The van der Waals surface area contributed by atoms with Gasteiger partial charge in [-0.15, -0.1) is 0 Å². The molecule has 0 spiro atoms. The fourth-order valence-corrected chi connectivity index (χ4v) is 3.30. The number of unbranched alkanes of at least 4 members (excludes halogenated alkanes) is 12. The molecular formula is C21H38O6. The van der Waals surface area contributed by atoms with E-state index in [1.807, 2.05) is 0 Å². The Morgan fingerprint density at radius 3 is 1.22 bits per heavy atom. The Labute approximate surface area is 163 Å². The molecule has 0 radical (unpaired) electrons. The Morgan fingerprint density at radius 1 is 0.481 bits per heavy atom. The Bertz CT molecular complexity index is 407. The molecule has 27 heavy (non-hydrogen) atoms. The molecule has 0 aromatic rings. The first kappa shape index (κ1) is 25.4. The van der Waals surface area contributed by atoms with Gasteiger partial charge in [0.1, 0.15) is 0 Å². The van der Waals surface area contributed by atoms with Crippen LogP contribution in [0.2, 0.25) is 0 Å². The van der Waals surface area contributed by atoms with Crippen LogP contribution in [0.3, 0.4) is 0 Å². The lowest BCUT2D eigenvalue weighted by Gasteiger charge is -2.10. The zero-order valence-electron chi connectivity index (χ0n) is 16.7. The fraction of sp³-hybridized carbons (Fsp3) is 0.857. The Morgan fingerprint density at radius 2 is 0.852 bits per heavy atom. The minimum absolute atomic E-state index is 0.0701. The maximum atomic E-state index is 11.1. The van der Waals surface area contributed by atoms with Crippen LogP contribution in [0.15, 0.2) is 0 Å². The van der Waals surface area contributed by atoms with Crippen molar-refractivity contribution in [3.63, 3.8) is 0 Å². The van der Waals surface area contributed by atoms with E-state index in [1.54, 1.807) is 0 Å². The molecule has 0 bridgehead atoms. The minimum atomic E-state index is -0.931. The molecule has 6 nitrogen and oxygen atoms in total. The van der Waals surface area contributed by atoms with Crippen molar-refractivity contribution < 1.29 is 29.7 Å². The summed E-state index contributed by atoms with van der Waals surface area (Å²) in [6.07, 6.45) is 15.6. The quantitative estimate of drug-likeness (QED) is 0.239. The average Bonchev–Trinajstić information content (AvgIpc) is 2.59. The zero-order valence-corrected chi connectivity index (χ0v) is 16.7. The van der Waals surface area contributed by atoms with E-state index in [0.717, 1.165) is 38.5 Å². The Kier molecular flexibility index (Phi) is 16.8. The van der Waals surface area contributed by atoms with Gasteiger partial charge in [0.25, 0.3) is 0 Å². The normalized spacial score (nSPS) is 12.0. The lowest BCUT2D eigenvalue weighted by atomic mass is 9.95. The number of hydrogen-bond donors (Lipinski definition) is 3. The van der Waals surface area contributed by atoms with Crippen LogP contribution in [-0.2, 0) is 14.4 Å². The zero-order chi connectivity index (χ0) is 20.3. The van der Waals surface area contributed by atoms with Crippen molar-refractivity contribution in [3.05, 3.63) is 0 Å². The highest BCUT2D eigenvalue weighted by Crippen LogP contribution is 2.18. The van der Waals surface area contributed by atoms with E-state index in [-0.39, 0.29) is 12.8 Å². The summed E-state index contributed by atoms with van der Waals surface area (Å²) in [5.74, 6) is -3.03. The highest BCUT2D eigenvalue weighted by molar-refractivity contribution is 5.72. The predicted molar refractivity (Wildman–Crippen MR) is 105 cm³/mol. The van der Waals surface area contributed by atoms with Crippen LogP contribution in [-0.4, -0.2) is 33.2 Å². The van der Waals surface area contributed by atoms with E-state index in [9.17, 15) is 14.4 Å². The second kappa shape index (κ2) is 17.8. The third-order valence-electron chi connectivity index (χ3n) is 5.00. The molecule has 0 aliphatic rings. The number of aliphatic carboxylic acids is 3. The highest BCUT2D eigenvalue weighted by atomic mass is 16.4. The second-order valence-corrected chi connectivity index (χ2v) is 7.50.